The summed E-state index contributed by atoms with van der Waals surface area (Å²) >= 11 is 0. The van der Waals surface area contributed by atoms with Gasteiger partial charge in [-0.2, -0.15) is 0 Å². The van der Waals surface area contributed by atoms with Gasteiger partial charge in [-0.1, -0.05) is 24.6 Å². The van der Waals surface area contributed by atoms with Crippen molar-refractivity contribution in [2.75, 3.05) is 13.1 Å². The summed E-state index contributed by atoms with van der Waals surface area (Å²) in [6, 6.07) is 8.21. The molecule has 0 amide bonds. The van der Waals surface area contributed by atoms with Crippen molar-refractivity contribution in [2.24, 2.45) is 0 Å². The van der Waals surface area contributed by atoms with Crippen LogP contribution < -0.4 is 10.1 Å². The molecule has 0 saturated heterocycles. The molecule has 2 heteroatoms. The second kappa shape index (κ2) is 6.46. The third kappa shape index (κ3) is 4.84. The predicted octanol–water partition coefficient (Wildman–Crippen LogP) is 2.76. The zero-order valence-electron chi connectivity index (χ0n) is 9.92. The summed E-state index contributed by atoms with van der Waals surface area (Å²) in [5.41, 5.74) is 1.27. The van der Waals surface area contributed by atoms with Gasteiger partial charge in [0, 0.05) is 0 Å². The highest BCUT2D eigenvalue weighted by atomic mass is 16.5. The van der Waals surface area contributed by atoms with Gasteiger partial charge in [-0.3, -0.25) is 0 Å². The fraction of sp³-hybridized carbons (Fsp3) is 0.538. The van der Waals surface area contributed by atoms with Crippen molar-refractivity contribution in [3.8, 4) is 5.75 Å². The van der Waals surface area contributed by atoms with Gasteiger partial charge >= 0.3 is 0 Å². The quantitative estimate of drug-likeness (QED) is 0.724. The summed E-state index contributed by atoms with van der Waals surface area (Å²) in [6.07, 6.45) is 1.31. The van der Waals surface area contributed by atoms with Gasteiger partial charge < -0.3 is 10.1 Å². The molecule has 1 rings (SSSR count). The molecule has 84 valence electrons. The topological polar surface area (TPSA) is 21.3 Å². The van der Waals surface area contributed by atoms with Crippen LogP contribution in [0, 0.1) is 6.92 Å². The van der Waals surface area contributed by atoms with Crippen LogP contribution in [0.4, 0.5) is 0 Å². The molecule has 0 aliphatic heterocycles. The first kappa shape index (κ1) is 12.1. The molecule has 0 aromatic heterocycles. The average Bonchev–Trinajstić information content (AvgIpc) is 2.22. The van der Waals surface area contributed by atoms with E-state index in [4.69, 9.17) is 4.74 Å². The van der Waals surface area contributed by atoms with Gasteiger partial charge in [0.2, 0.25) is 0 Å². The molecule has 0 heterocycles. The Bertz CT molecular complexity index is 268. The van der Waals surface area contributed by atoms with Crippen LogP contribution in [0.15, 0.2) is 24.3 Å². The van der Waals surface area contributed by atoms with Crippen molar-refractivity contribution in [1.82, 2.24) is 5.32 Å². The van der Waals surface area contributed by atoms with E-state index < -0.39 is 0 Å². The molecule has 0 fully saturated rings. The minimum absolute atomic E-state index is 0.270. The Hall–Kier alpha value is -1.02. The van der Waals surface area contributed by atoms with Crippen LogP contribution >= 0.6 is 0 Å². The second-order valence-corrected chi connectivity index (χ2v) is 3.88. The first-order chi connectivity index (χ1) is 7.22. The van der Waals surface area contributed by atoms with Crippen LogP contribution in [0.1, 0.15) is 25.8 Å². The minimum Gasteiger partial charge on any atom is -0.491 e. The Balaban J connectivity index is 2.31. The Morgan fingerprint density at radius 3 is 2.53 bits per heavy atom. The van der Waals surface area contributed by atoms with E-state index in [0.29, 0.717) is 0 Å². The van der Waals surface area contributed by atoms with E-state index in [0.717, 1.165) is 25.3 Å². The van der Waals surface area contributed by atoms with Crippen molar-refractivity contribution >= 4 is 0 Å². The molecule has 1 N–H and O–H groups in total. The molecule has 0 saturated carbocycles. The maximum absolute atomic E-state index is 5.78. The van der Waals surface area contributed by atoms with Gasteiger partial charge in [0.25, 0.3) is 0 Å². The standard InChI is InChI=1S/C13H21NO/c1-4-14-10-9-12(3)15-13-7-5-11(2)6-8-13/h5-8,12,14H,4,9-10H2,1-3H3. The molecular weight excluding hydrogens is 186 g/mol. The Kier molecular flexibility index (Phi) is 5.19. The molecule has 1 unspecified atom stereocenters. The van der Waals surface area contributed by atoms with Crippen LogP contribution in [0.5, 0.6) is 5.75 Å². The van der Waals surface area contributed by atoms with Crippen molar-refractivity contribution < 1.29 is 4.74 Å². The van der Waals surface area contributed by atoms with Crippen LogP contribution in [0.25, 0.3) is 0 Å². The van der Waals surface area contributed by atoms with Crippen molar-refractivity contribution in [1.29, 1.82) is 0 Å². The molecule has 2 nitrogen and oxygen atoms in total. The Labute approximate surface area is 92.6 Å². The summed E-state index contributed by atoms with van der Waals surface area (Å²) in [5.74, 6) is 0.963. The van der Waals surface area contributed by atoms with Crippen molar-refractivity contribution in [3.05, 3.63) is 29.8 Å². The van der Waals surface area contributed by atoms with E-state index in [1.807, 2.05) is 12.1 Å². The van der Waals surface area contributed by atoms with Crippen molar-refractivity contribution in [2.45, 2.75) is 33.3 Å². The largest absolute Gasteiger partial charge is 0.491 e. The molecule has 1 aromatic rings. The Morgan fingerprint density at radius 1 is 1.27 bits per heavy atom. The molecule has 15 heavy (non-hydrogen) atoms. The SMILES string of the molecule is CCNCCC(C)Oc1ccc(C)cc1. The number of hydrogen-bond acceptors (Lipinski definition) is 2. The van der Waals surface area contributed by atoms with Crippen LogP contribution in [0.2, 0.25) is 0 Å². The van der Waals surface area contributed by atoms with Crippen molar-refractivity contribution in [3.63, 3.8) is 0 Å². The van der Waals surface area contributed by atoms with E-state index in [-0.39, 0.29) is 6.10 Å². The zero-order chi connectivity index (χ0) is 11.1. The second-order valence-electron chi connectivity index (χ2n) is 3.88. The lowest BCUT2D eigenvalue weighted by atomic mass is 10.2. The van der Waals surface area contributed by atoms with Crippen LogP contribution in [-0.2, 0) is 0 Å². The first-order valence-corrected chi connectivity index (χ1v) is 5.66. The zero-order valence-corrected chi connectivity index (χ0v) is 9.92. The fourth-order valence-electron chi connectivity index (χ4n) is 1.39. The number of benzene rings is 1. The fourth-order valence-corrected chi connectivity index (χ4v) is 1.39. The third-order valence-electron chi connectivity index (χ3n) is 2.34. The lowest BCUT2D eigenvalue weighted by Gasteiger charge is -2.14. The molecule has 0 bridgehead atoms. The molecule has 0 radical (unpaired) electrons. The molecule has 0 aliphatic rings. The summed E-state index contributed by atoms with van der Waals surface area (Å²) in [5, 5.41) is 3.29. The summed E-state index contributed by atoms with van der Waals surface area (Å²) in [4.78, 5) is 0. The van der Waals surface area contributed by atoms with E-state index in [2.05, 4.69) is 38.2 Å². The van der Waals surface area contributed by atoms with Gasteiger partial charge in [-0.25, -0.2) is 0 Å². The van der Waals surface area contributed by atoms with E-state index in [1.54, 1.807) is 0 Å². The molecule has 0 aliphatic carbocycles. The van der Waals surface area contributed by atoms with E-state index >= 15 is 0 Å². The van der Waals surface area contributed by atoms with Gasteiger partial charge in [-0.05, 0) is 45.5 Å². The monoisotopic (exact) mass is 207 g/mol. The maximum Gasteiger partial charge on any atom is 0.119 e. The lowest BCUT2D eigenvalue weighted by Crippen LogP contribution is -2.21. The summed E-state index contributed by atoms with van der Waals surface area (Å²) < 4.78 is 5.78. The average molecular weight is 207 g/mol. The molecule has 0 spiro atoms. The Morgan fingerprint density at radius 2 is 1.93 bits per heavy atom. The molecule has 1 aromatic carbocycles. The lowest BCUT2D eigenvalue weighted by molar-refractivity contribution is 0.210. The number of hydrogen-bond donors (Lipinski definition) is 1. The number of aryl methyl sites for hydroxylation is 1. The predicted molar refractivity (Wildman–Crippen MR) is 64.4 cm³/mol. The highest BCUT2D eigenvalue weighted by Gasteiger charge is 2.02. The van der Waals surface area contributed by atoms with Gasteiger partial charge in [0.05, 0.1) is 6.10 Å². The van der Waals surface area contributed by atoms with Gasteiger partial charge in [0.15, 0.2) is 0 Å². The molecular formula is C13H21NO. The van der Waals surface area contributed by atoms with Gasteiger partial charge in [0.1, 0.15) is 5.75 Å². The summed E-state index contributed by atoms with van der Waals surface area (Å²) in [7, 11) is 0. The van der Waals surface area contributed by atoms with Crippen LogP contribution in [-0.4, -0.2) is 19.2 Å². The first-order valence-electron chi connectivity index (χ1n) is 5.66. The van der Waals surface area contributed by atoms with Crippen LogP contribution in [0.3, 0.4) is 0 Å². The van der Waals surface area contributed by atoms with E-state index in [1.165, 1.54) is 5.56 Å². The normalized spacial score (nSPS) is 12.5. The van der Waals surface area contributed by atoms with Gasteiger partial charge in [-0.15, -0.1) is 0 Å². The number of ether oxygens (including phenoxy) is 1. The number of rotatable bonds is 6. The van der Waals surface area contributed by atoms with E-state index in [9.17, 15) is 0 Å². The molecule has 1 atom stereocenters. The third-order valence-corrected chi connectivity index (χ3v) is 2.34. The summed E-state index contributed by atoms with van der Waals surface area (Å²) in [6.45, 7) is 8.35. The minimum atomic E-state index is 0.270. The smallest absolute Gasteiger partial charge is 0.119 e. The highest BCUT2D eigenvalue weighted by molar-refractivity contribution is 5.26. The highest BCUT2D eigenvalue weighted by Crippen LogP contribution is 2.14. The maximum atomic E-state index is 5.78. The number of nitrogens with one attached hydrogen (secondary N) is 1.